The Morgan fingerprint density at radius 2 is 1.47 bits per heavy atom. The van der Waals surface area contributed by atoms with Gasteiger partial charge in [0.25, 0.3) is 0 Å². The van der Waals surface area contributed by atoms with Gasteiger partial charge < -0.3 is 47.4 Å². The first kappa shape index (κ1) is 42.7. The molecular formula is C4H18N3Na2O9P. The molecule has 1 unspecified atom stereocenters. The fourth-order valence-electron chi connectivity index (χ4n) is 0.667. The molecule has 0 aromatic carbocycles. The van der Waals surface area contributed by atoms with Gasteiger partial charge in [0.2, 0.25) is 5.78 Å². The number of carboxylic acid groups (broad SMARTS) is 1. The van der Waals surface area contributed by atoms with E-state index in [1.165, 1.54) is 0 Å². The summed E-state index contributed by atoms with van der Waals surface area (Å²) in [7, 11) is -3.82. The number of nitrogens with two attached hydrogens (primary N) is 1. The van der Waals surface area contributed by atoms with Crippen molar-refractivity contribution in [1.29, 1.82) is 5.41 Å². The minimum Gasteiger partial charge on any atom is -0.479 e. The molecule has 0 bridgehead atoms. The third-order valence-electron chi connectivity index (χ3n) is 1.29. The molecule has 110 valence electrons. The smallest absolute Gasteiger partial charge is 0.359 e. The third kappa shape index (κ3) is 14.9. The number of likely N-dealkylation sites (N-methyl/N-ethyl adjacent to an activating group) is 1. The molecule has 0 saturated heterocycles. The quantitative estimate of drug-likeness (QED) is 0.144. The Balaban J connectivity index is -0.0000000480. The van der Waals surface area contributed by atoms with Crippen LogP contribution in [0.5, 0.6) is 0 Å². The first-order chi connectivity index (χ1) is 5.68. The zero-order valence-corrected chi connectivity index (χ0v) is 15.6. The third-order valence-corrected chi connectivity index (χ3v) is 2.49. The van der Waals surface area contributed by atoms with Crippen molar-refractivity contribution in [2.24, 2.45) is 5.73 Å². The predicted molar refractivity (Wildman–Crippen MR) is 69.1 cm³/mol. The number of guanidine groups is 1. The summed E-state index contributed by atoms with van der Waals surface area (Å²) in [6.45, 7) is 0. The van der Waals surface area contributed by atoms with Crippen molar-refractivity contribution in [3.8, 4) is 0 Å². The zero-order chi connectivity index (χ0) is 10.8. The molecule has 0 heterocycles. The molecule has 0 aliphatic rings. The first-order valence-corrected chi connectivity index (χ1v) is 4.71. The number of aliphatic carboxylic acids is 1. The van der Waals surface area contributed by atoms with Crippen molar-refractivity contribution in [2.75, 3.05) is 7.05 Å². The molecule has 12 nitrogen and oxygen atoms in total. The Bertz CT molecular complexity index is 287. The number of hydrogen-bond acceptors (Lipinski definition) is 3. The van der Waals surface area contributed by atoms with Crippen LogP contribution in [0.2, 0.25) is 0 Å². The van der Waals surface area contributed by atoms with Crippen molar-refractivity contribution in [1.82, 2.24) is 4.90 Å². The van der Waals surface area contributed by atoms with Crippen LogP contribution in [0.3, 0.4) is 0 Å². The van der Waals surface area contributed by atoms with Gasteiger partial charge in [-0.25, -0.2) is 4.79 Å². The van der Waals surface area contributed by atoms with E-state index in [4.69, 9.17) is 26.0 Å². The van der Waals surface area contributed by atoms with E-state index < -0.39 is 25.3 Å². The molecule has 0 aliphatic carbocycles. The number of nitrogens with one attached hydrogen (secondary N) is 1. The molecule has 0 aliphatic heterocycles. The summed E-state index contributed by atoms with van der Waals surface area (Å²) >= 11 is 0. The van der Waals surface area contributed by atoms with Crippen molar-refractivity contribution in [3.63, 3.8) is 0 Å². The van der Waals surface area contributed by atoms with Crippen LogP contribution in [-0.2, 0) is 9.36 Å². The molecule has 0 amide bonds. The minimum atomic E-state index is -4.84. The van der Waals surface area contributed by atoms with E-state index in [1.807, 2.05) is 0 Å². The average molecular weight is 329 g/mol. The second kappa shape index (κ2) is 16.8. The van der Waals surface area contributed by atoms with Gasteiger partial charge >= 0.3 is 13.6 Å². The van der Waals surface area contributed by atoms with Gasteiger partial charge in [0.1, 0.15) is 0 Å². The van der Waals surface area contributed by atoms with Gasteiger partial charge in [-0.2, -0.15) is 0 Å². The van der Waals surface area contributed by atoms with Gasteiger partial charge in [0.05, 0.1) is 0 Å². The fourth-order valence-corrected chi connectivity index (χ4v) is 1.53. The minimum absolute atomic E-state index is 0. The van der Waals surface area contributed by atoms with E-state index in [2.05, 4.69) is 0 Å². The Morgan fingerprint density at radius 1 is 1.21 bits per heavy atom. The number of carboxylic acids is 1. The number of nitrogens with zero attached hydrogens (tertiary/aromatic N) is 1. The molecule has 0 saturated carbocycles. The average Bonchev–Trinajstić information content (AvgIpc) is 1.82. The Labute approximate surface area is 152 Å². The number of hydrogen-bond donors (Lipinski definition) is 5. The monoisotopic (exact) mass is 329 g/mol. The summed E-state index contributed by atoms with van der Waals surface area (Å²) in [5, 5.41) is 15.2. The molecule has 19 heavy (non-hydrogen) atoms. The molecule has 0 rings (SSSR count). The Morgan fingerprint density at radius 3 is 1.53 bits per heavy atom. The predicted octanol–water partition coefficient (Wildman–Crippen LogP) is -5.66. The zero-order valence-electron chi connectivity index (χ0n) is 10.7. The topological polar surface area (TPSA) is 274 Å². The SMILES string of the molecule is CN(C(=N)N)C(C(=O)O)P(=O)(O)O.O.O.O.O.[Na].[Na]. The van der Waals surface area contributed by atoms with E-state index >= 15 is 0 Å². The Hall–Kier alpha value is 0.730. The molecule has 0 spiro atoms. The second-order valence-electron chi connectivity index (χ2n) is 2.30. The van der Waals surface area contributed by atoms with Crippen LogP contribution in [0.15, 0.2) is 0 Å². The molecule has 0 aromatic rings. The van der Waals surface area contributed by atoms with Crippen LogP contribution in [0.1, 0.15) is 0 Å². The van der Waals surface area contributed by atoms with E-state index in [-0.39, 0.29) is 81.0 Å². The number of carbonyl (C=O) groups is 1. The maximum Gasteiger partial charge on any atom is 0.359 e. The Kier molecular flexibility index (Phi) is 37.7. The number of rotatable bonds is 3. The van der Waals surface area contributed by atoms with E-state index in [9.17, 15) is 9.36 Å². The molecule has 2 radical (unpaired) electrons. The summed E-state index contributed by atoms with van der Waals surface area (Å²) in [5.74, 6) is -4.56. The van der Waals surface area contributed by atoms with Gasteiger partial charge in [-0.05, 0) is 0 Å². The molecule has 15 heteroatoms. The van der Waals surface area contributed by atoms with Crippen LogP contribution in [-0.4, -0.2) is 126 Å². The summed E-state index contributed by atoms with van der Waals surface area (Å²) in [5.41, 5.74) is 4.87. The standard InChI is InChI=1S/C4H10N3O5P.2Na.4H2O/c1-7(4(5)6)2(3(8)9)13(10,11)12;;;;;;/h2H,1H3,(H3,5,6)(H,8,9)(H2,10,11,12);;;4*1H2. The summed E-state index contributed by atoms with van der Waals surface area (Å²) in [4.78, 5) is 28.1. The first-order valence-electron chi connectivity index (χ1n) is 3.02. The van der Waals surface area contributed by atoms with E-state index in [0.717, 1.165) is 7.05 Å². The molecule has 14 N–H and O–H groups in total. The van der Waals surface area contributed by atoms with E-state index in [0.29, 0.717) is 4.90 Å². The van der Waals surface area contributed by atoms with E-state index in [1.54, 1.807) is 0 Å². The normalized spacial score (nSPS) is 9.21. The van der Waals surface area contributed by atoms with Crippen LogP contribution in [0, 0.1) is 5.41 Å². The van der Waals surface area contributed by atoms with Gasteiger partial charge in [-0.3, -0.25) is 9.97 Å². The fraction of sp³-hybridized carbons (Fsp3) is 0.500. The van der Waals surface area contributed by atoms with Crippen molar-refractivity contribution in [2.45, 2.75) is 5.78 Å². The molecule has 0 aromatic heterocycles. The molecule has 0 fully saturated rings. The van der Waals surface area contributed by atoms with Gasteiger partial charge in [-0.15, -0.1) is 0 Å². The van der Waals surface area contributed by atoms with Gasteiger partial charge in [0.15, 0.2) is 5.96 Å². The summed E-state index contributed by atoms with van der Waals surface area (Å²) < 4.78 is 10.6. The molecule has 1 atom stereocenters. The summed E-state index contributed by atoms with van der Waals surface area (Å²) in [6.07, 6.45) is 0. The van der Waals surface area contributed by atoms with Gasteiger partial charge in [-0.1, -0.05) is 0 Å². The molecular weight excluding hydrogens is 311 g/mol. The van der Waals surface area contributed by atoms with Crippen LogP contribution in [0.4, 0.5) is 0 Å². The van der Waals surface area contributed by atoms with Crippen molar-refractivity contribution >= 4 is 78.6 Å². The van der Waals surface area contributed by atoms with Crippen molar-refractivity contribution in [3.05, 3.63) is 0 Å². The largest absolute Gasteiger partial charge is 0.479 e. The maximum absolute atomic E-state index is 10.6. The van der Waals surface area contributed by atoms with Crippen molar-refractivity contribution < 1.29 is 46.2 Å². The van der Waals surface area contributed by atoms with Crippen LogP contribution < -0.4 is 5.73 Å². The van der Waals surface area contributed by atoms with Crippen LogP contribution >= 0.6 is 7.60 Å². The van der Waals surface area contributed by atoms with Gasteiger partial charge in [0, 0.05) is 66.2 Å². The van der Waals surface area contributed by atoms with Crippen LogP contribution in [0.25, 0.3) is 0 Å². The summed E-state index contributed by atoms with van der Waals surface area (Å²) in [6, 6.07) is 0. The maximum atomic E-state index is 10.6. The second-order valence-corrected chi connectivity index (χ2v) is 3.96.